The second-order valence-electron chi connectivity index (χ2n) is 10.4. The van der Waals surface area contributed by atoms with Gasteiger partial charge in [-0.3, -0.25) is 9.69 Å². The maximum Gasteiger partial charge on any atom is 0.252 e. The lowest BCUT2D eigenvalue weighted by Gasteiger charge is -2.32. The Hall–Kier alpha value is -3.32. The first kappa shape index (κ1) is 25.3. The number of tetrazole rings is 1. The number of aryl methyl sites for hydroxylation is 1. The Morgan fingerprint density at radius 2 is 1.81 bits per heavy atom. The molecule has 7 nitrogen and oxygen atoms in total. The highest BCUT2D eigenvalue weighted by molar-refractivity contribution is 5.79. The predicted octanol–water partition coefficient (Wildman–Crippen LogP) is 6.13. The highest BCUT2D eigenvalue weighted by Crippen LogP contribution is 2.33. The SMILES string of the molecule is CCC[C@@H](c1nnnn1C1CCCCC1)N(Cc1ccccc1)Cc1cc2cc(CC)ccc2[nH]c1=O. The number of benzene rings is 2. The van der Waals surface area contributed by atoms with E-state index < -0.39 is 0 Å². The first-order chi connectivity index (χ1) is 18.2. The van der Waals surface area contributed by atoms with Gasteiger partial charge in [0.25, 0.3) is 5.56 Å². The van der Waals surface area contributed by atoms with Crippen molar-refractivity contribution in [2.24, 2.45) is 0 Å². The largest absolute Gasteiger partial charge is 0.322 e. The first-order valence-electron chi connectivity index (χ1n) is 13.9. The second kappa shape index (κ2) is 11.8. The molecule has 4 aromatic rings. The summed E-state index contributed by atoms with van der Waals surface area (Å²) in [5.41, 5.74) is 4.10. The Balaban J connectivity index is 1.54. The van der Waals surface area contributed by atoms with Crippen molar-refractivity contribution in [3.63, 3.8) is 0 Å². The zero-order chi connectivity index (χ0) is 25.6. The summed E-state index contributed by atoms with van der Waals surface area (Å²) in [5, 5.41) is 14.3. The van der Waals surface area contributed by atoms with E-state index in [1.807, 2.05) is 12.1 Å². The zero-order valence-electron chi connectivity index (χ0n) is 22.1. The summed E-state index contributed by atoms with van der Waals surface area (Å²) >= 11 is 0. The van der Waals surface area contributed by atoms with Crippen LogP contribution in [0.3, 0.4) is 0 Å². The van der Waals surface area contributed by atoms with E-state index in [9.17, 15) is 4.79 Å². The van der Waals surface area contributed by atoms with E-state index in [1.165, 1.54) is 30.4 Å². The fraction of sp³-hybridized carbons (Fsp3) is 0.467. The minimum atomic E-state index is -0.0306. The van der Waals surface area contributed by atoms with Crippen LogP contribution in [0, 0.1) is 0 Å². The van der Waals surface area contributed by atoms with Crippen molar-refractivity contribution in [2.45, 2.75) is 90.4 Å². The summed E-state index contributed by atoms with van der Waals surface area (Å²) in [6.45, 7) is 5.60. The number of aromatic amines is 1. The van der Waals surface area contributed by atoms with E-state index in [1.54, 1.807) is 0 Å². The molecule has 1 N–H and O–H groups in total. The molecule has 0 spiro atoms. The van der Waals surface area contributed by atoms with Crippen LogP contribution in [0.15, 0.2) is 59.4 Å². The molecule has 2 aromatic carbocycles. The molecule has 2 heterocycles. The van der Waals surface area contributed by atoms with Gasteiger partial charge >= 0.3 is 0 Å². The van der Waals surface area contributed by atoms with E-state index in [4.69, 9.17) is 0 Å². The highest BCUT2D eigenvalue weighted by Gasteiger charge is 2.29. The van der Waals surface area contributed by atoms with E-state index in [2.05, 4.69) is 86.4 Å². The van der Waals surface area contributed by atoms with Gasteiger partial charge in [-0.25, -0.2) is 4.68 Å². The van der Waals surface area contributed by atoms with Gasteiger partial charge in [-0.2, -0.15) is 0 Å². The van der Waals surface area contributed by atoms with Gasteiger partial charge in [-0.05, 0) is 70.8 Å². The van der Waals surface area contributed by atoms with Crippen LogP contribution in [-0.4, -0.2) is 30.1 Å². The lowest BCUT2D eigenvalue weighted by molar-refractivity contribution is 0.150. The number of fused-ring (bicyclic) bond motifs is 1. The maximum absolute atomic E-state index is 13.2. The van der Waals surface area contributed by atoms with Crippen LogP contribution in [0.1, 0.15) is 93.4 Å². The summed E-state index contributed by atoms with van der Waals surface area (Å²) in [6, 6.07) is 19.2. The molecule has 37 heavy (non-hydrogen) atoms. The number of pyridine rings is 1. The molecule has 7 heteroatoms. The van der Waals surface area contributed by atoms with Crippen LogP contribution in [0.2, 0.25) is 0 Å². The molecule has 1 aliphatic rings. The van der Waals surface area contributed by atoms with Crippen LogP contribution in [0.5, 0.6) is 0 Å². The normalized spacial score (nSPS) is 15.4. The number of H-pyrrole nitrogens is 1. The van der Waals surface area contributed by atoms with Crippen LogP contribution in [0.25, 0.3) is 10.9 Å². The summed E-state index contributed by atoms with van der Waals surface area (Å²) in [6.07, 6.45) is 8.88. The van der Waals surface area contributed by atoms with Crippen molar-refractivity contribution in [3.8, 4) is 0 Å². The Morgan fingerprint density at radius 1 is 1.00 bits per heavy atom. The van der Waals surface area contributed by atoms with E-state index in [0.29, 0.717) is 12.6 Å². The zero-order valence-corrected chi connectivity index (χ0v) is 22.1. The van der Waals surface area contributed by atoms with Crippen molar-refractivity contribution in [3.05, 3.63) is 87.5 Å². The summed E-state index contributed by atoms with van der Waals surface area (Å²) < 4.78 is 2.09. The minimum absolute atomic E-state index is 0.0132. The van der Waals surface area contributed by atoms with Crippen LogP contribution in [0.4, 0.5) is 0 Å². The third kappa shape index (κ3) is 5.82. The average Bonchev–Trinajstić information content (AvgIpc) is 3.42. The Labute approximate surface area is 218 Å². The van der Waals surface area contributed by atoms with E-state index >= 15 is 0 Å². The Kier molecular flexibility index (Phi) is 8.09. The standard InChI is InChI=1S/C30H38N6O/c1-3-11-28(29-32-33-34-36(29)26-14-9-6-10-15-26)35(20-23-12-7-5-8-13-23)21-25-19-24-18-22(4-2)16-17-27(24)31-30(25)37/h5,7-8,12-13,16-19,26,28H,3-4,6,9-11,14-15,20-21H2,1-2H3,(H,31,37)/t28-/m0/s1. The molecular formula is C30H38N6O. The predicted molar refractivity (Wildman–Crippen MR) is 147 cm³/mol. The van der Waals surface area contributed by atoms with Gasteiger partial charge in [0.05, 0.1) is 12.1 Å². The van der Waals surface area contributed by atoms with Gasteiger partial charge in [0.15, 0.2) is 5.82 Å². The van der Waals surface area contributed by atoms with Gasteiger partial charge in [0.1, 0.15) is 0 Å². The molecule has 194 valence electrons. The van der Waals surface area contributed by atoms with Gasteiger partial charge in [0, 0.05) is 24.2 Å². The number of hydrogen-bond donors (Lipinski definition) is 1. The molecule has 0 amide bonds. The van der Waals surface area contributed by atoms with Crippen LogP contribution in [-0.2, 0) is 19.5 Å². The van der Waals surface area contributed by atoms with E-state index in [-0.39, 0.29) is 11.6 Å². The smallest absolute Gasteiger partial charge is 0.252 e. The van der Waals surface area contributed by atoms with Crippen molar-refractivity contribution in [1.82, 2.24) is 30.1 Å². The molecule has 0 radical (unpaired) electrons. The number of aromatic nitrogens is 5. The summed E-state index contributed by atoms with van der Waals surface area (Å²) in [4.78, 5) is 18.7. The Bertz CT molecular complexity index is 1360. The fourth-order valence-corrected chi connectivity index (χ4v) is 5.71. The van der Waals surface area contributed by atoms with Crippen molar-refractivity contribution in [1.29, 1.82) is 0 Å². The van der Waals surface area contributed by atoms with Crippen LogP contribution < -0.4 is 5.56 Å². The molecule has 5 rings (SSSR count). The molecule has 1 saturated carbocycles. The summed E-state index contributed by atoms with van der Waals surface area (Å²) in [7, 11) is 0. The molecule has 0 unspecified atom stereocenters. The molecule has 0 aliphatic heterocycles. The molecule has 0 saturated heterocycles. The monoisotopic (exact) mass is 498 g/mol. The first-order valence-corrected chi connectivity index (χ1v) is 13.9. The number of nitrogens with one attached hydrogen (secondary N) is 1. The quantitative estimate of drug-likeness (QED) is 0.285. The molecule has 1 fully saturated rings. The number of nitrogens with zero attached hydrogens (tertiary/aromatic N) is 5. The van der Waals surface area contributed by atoms with E-state index in [0.717, 1.165) is 60.9 Å². The molecule has 1 aliphatic carbocycles. The van der Waals surface area contributed by atoms with Crippen molar-refractivity contribution < 1.29 is 0 Å². The maximum atomic E-state index is 13.2. The lowest BCUT2D eigenvalue weighted by Crippen LogP contribution is -2.33. The Morgan fingerprint density at radius 3 is 2.57 bits per heavy atom. The van der Waals surface area contributed by atoms with Gasteiger partial charge < -0.3 is 4.98 Å². The topological polar surface area (TPSA) is 79.7 Å². The van der Waals surface area contributed by atoms with Crippen molar-refractivity contribution in [2.75, 3.05) is 0 Å². The molecular weight excluding hydrogens is 460 g/mol. The lowest BCUT2D eigenvalue weighted by atomic mass is 9.95. The van der Waals surface area contributed by atoms with Gasteiger partial charge in [0.2, 0.25) is 0 Å². The third-order valence-electron chi connectivity index (χ3n) is 7.74. The molecule has 1 atom stereocenters. The van der Waals surface area contributed by atoms with Gasteiger partial charge in [-0.1, -0.05) is 75.9 Å². The number of hydrogen-bond acceptors (Lipinski definition) is 5. The third-order valence-corrected chi connectivity index (χ3v) is 7.74. The van der Waals surface area contributed by atoms with Crippen LogP contribution >= 0.6 is 0 Å². The minimum Gasteiger partial charge on any atom is -0.322 e. The number of rotatable bonds is 10. The molecule has 0 bridgehead atoms. The van der Waals surface area contributed by atoms with Crippen molar-refractivity contribution >= 4 is 10.9 Å². The summed E-state index contributed by atoms with van der Waals surface area (Å²) in [5.74, 6) is 0.926. The second-order valence-corrected chi connectivity index (χ2v) is 10.4. The average molecular weight is 499 g/mol. The molecule has 2 aromatic heterocycles. The fourth-order valence-electron chi connectivity index (χ4n) is 5.71. The van der Waals surface area contributed by atoms with Gasteiger partial charge in [-0.15, -0.1) is 5.10 Å². The highest BCUT2D eigenvalue weighted by atomic mass is 16.1.